The summed E-state index contributed by atoms with van der Waals surface area (Å²) in [5.74, 6) is 0. The second-order valence-electron chi connectivity index (χ2n) is 0.238. The van der Waals surface area contributed by atoms with E-state index in [1.165, 1.54) is 0 Å². The summed E-state index contributed by atoms with van der Waals surface area (Å²) >= 11 is 0. The Hall–Kier alpha value is -0.00987. The van der Waals surface area contributed by atoms with Crippen LogP contribution in [0.25, 0.3) is 0 Å². The van der Waals surface area contributed by atoms with Crippen LogP contribution in [0.4, 0.5) is 0 Å². The fourth-order valence-electron chi connectivity index (χ4n) is 0. The molecule has 42 valence electrons. The van der Waals surface area contributed by atoms with Gasteiger partial charge in [0.1, 0.15) is 0 Å². The van der Waals surface area contributed by atoms with E-state index >= 15 is 0 Å². The summed E-state index contributed by atoms with van der Waals surface area (Å²) in [4.78, 5) is 8.36. The molecule has 0 aliphatic rings. The molecular formula is H3HfNO5. The Morgan fingerprint density at radius 3 is 1.43 bits per heavy atom. The molecule has 0 bridgehead atoms. The zero-order valence-corrected chi connectivity index (χ0v) is 6.70. The predicted molar refractivity (Wildman–Crippen MR) is 14.0 cm³/mol. The van der Waals surface area contributed by atoms with Crippen LogP contribution in [-0.4, -0.2) is 20.8 Å². The molecule has 7 heavy (non-hydrogen) atoms. The van der Waals surface area contributed by atoms with Crippen LogP contribution in [0.5, 0.6) is 0 Å². The Labute approximate surface area is 57.2 Å². The summed E-state index contributed by atoms with van der Waals surface area (Å²) in [5, 5.41) is 25.6. The summed E-state index contributed by atoms with van der Waals surface area (Å²) < 4.78 is 0. The van der Waals surface area contributed by atoms with Crippen LogP contribution < -0.4 is 0 Å². The van der Waals surface area contributed by atoms with Gasteiger partial charge >= 0.3 is 0 Å². The molecule has 0 spiro atoms. The zero-order valence-electron chi connectivity index (χ0n) is 3.11. The van der Waals surface area contributed by atoms with Crippen LogP contribution in [0.2, 0.25) is 0 Å². The molecule has 0 saturated carbocycles. The monoisotopic (exact) mass is 277 g/mol. The minimum absolute atomic E-state index is 0. The third kappa shape index (κ3) is 979000. The molecule has 0 fully saturated rings. The van der Waals surface area contributed by atoms with Crippen molar-refractivity contribution in [1.29, 1.82) is 0 Å². The fraction of sp³-hybridized carbons (Fsp3) is 0. The van der Waals surface area contributed by atoms with E-state index in [-0.39, 0.29) is 25.8 Å². The van der Waals surface area contributed by atoms with E-state index in [0.717, 1.165) is 0 Å². The van der Waals surface area contributed by atoms with Crippen molar-refractivity contribution in [2.75, 3.05) is 0 Å². The molecule has 6 nitrogen and oxygen atoms in total. The van der Waals surface area contributed by atoms with Crippen molar-refractivity contribution in [3.05, 3.63) is 10.1 Å². The van der Waals surface area contributed by atoms with Crippen LogP contribution in [-0.2, 0) is 25.8 Å². The maximum atomic E-state index is 8.36. The average molecular weight is 276 g/mol. The van der Waals surface area contributed by atoms with Crippen molar-refractivity contribution in [2.24, 2.45) is 0 Å². The largest absolute Gasteiger partial charge is 0.328 e. The van der Waals surface area contributed by atoms with Gasteiger partial charge < -0.3 is 5.21 Å². The van der Waals surface area contributed by atoms with Crippen molar-refractivity contribution in [3.63, 3.8) is 0 Å². The van der Waals surface area contributed by atoms with Gasteiger partial charge in [-0.1, -0.05) is 0 Å². The number of hydrogen-bond donors (Lipinski definition) is 3. The molecule has 0 amide bonds. The summed E-state index contributed by atoms with van der Waals surface area (Å²) in [7, 11) is 0. The molecule has 0 radical (unpaired) electrons. The van der Waals surface area contributed by atoms with Gasteiger partial charge in [0.15, 0.2) is 0 Å². The third-order valence-electron chi connectivity index (χ3n) is 0. The third-order valence-corrected chi connectivity index (χ3v) is 0. The average Bonchev–Trinajstić information content (AvgIpc) is 1.41. The molecule has 0 atom stereocenters. The maximum Gasteiger partial charge on any atom is 0.291 e. The molecule has 0 aliphatic carbocycles. The molecule has 0 rings (SSSR count). The second kappa shape index (κ2) is 16.7. The number of hydrogen-bond acceptors (Lipinski definition) is 4. The molecular weight excluding hydrogens is 272 g/mol. The van der Waals surface area contributed by atoms with Crippen LogP contribution in [0.15, 0.2) is 0 Å². The van der Waals surface area contributed by atoms with E-state index in [9.17, 15) is 0 Å². The van der Waals surface area contributed by atoms with Gasteiger partial charge in [-0.05, 0) is 0 Å². The summed E-state index contributed by atoms with van der Waals surface area (Å²) in [6, 6.07) is 0. The summed E-state index contributed by atoms with van der Waals surface area (Å²) in [5.41, 5.74) is 0. The first-order valence-electron chi connectivity index (χ1n) is 0.765. The normalized spacial score (nSPS) is 4.29. The first kappa shape index (κ1) is 15.8. The smallest absolute Gasteiger partial charge is 0.291 e. The molecule has 3 N–H and O–H groups in total. The van der Waals surface area contributed by atoms with Crippen molar-refractivity contribution in [3.8, 4) is 0 Å². The molecule has 0 saturated heterocycles. The van der Waals surface area contributed by atoms with E-state index in [1.54, 1.807) is 0 Å². The van der Waals surface area contributed by atoms with Gasteiger partial charge in [0.2, 0.25) is 0 Å². The Balaban J connectivity index is -0.0000000480. The Morgan fingerprint density at radius 2 is 1.43 bits per heavy atom. The Bertz CT molecular complexity index is 31.1. The van der Waals surface area contributed by atoms with Gasteiger partial charge in [0, 0.05) is 25.8 Å². The van der Waals surface area contributed by atoms with Crippen LogP contribution in [0.1, 0.15) is 0 Å². The van der Waals surface area contributed by atoms with Gasteiger partial charge in [-0.15, -0.1) is 10.1 Å². The van der Waals surface area contributed by atoms with Crippen LogP contribution in [0.3, 0.4) is 0 Å². The minimum Gasteiger partial charge on any atom is -0.328 e. The quantitative estimate of drug-likeness (QED) is 0.243. The van der Waals surface area contributed by atoms with E-state index in [2.05, 4.69) is 0 Å². The van der Waals surface area contributed by atoms with Gasteiger partial charge in [0.05, 0.1) is 0 Å². The summed E-state index contributed by atoms with van der Waals surface area (Å²) in [6.07, 6.45) is 0. The van der Waals surface area contributed by atoms with E-state index in [0.29, 0.717) is 0 Å². The van der Waals surface area contributed by atoms with Crippen molar-refractivity contribution < 1.29 is 46.7 Å². The van der Waals surface area contributed by atoms with Crippen molar-refractivity contribution >= 4 is 0 Å². The van der Waals surface area contributed by atoms with Gasteiger partial charge in [0.25, 0.3) is 5.09 Å². The Kier molecular flexibility index (Phi) is 37.5. The van der Waals surface area contributed by atoms with Gasteiger partial charge in [-0.3, -0.25) is 10.5 Å². The van der Waals surface area contributed by atoms with E-state index in [1.807, 2.05) is 0 Å². The first-order valence-corrected chi connectivity index (χ1v) is 0.765. The molecule has 0 aliphatic heterocycles. The van der Waals surface area contributed by atoms with Crippen LogP contribution in [0, 0.1) is 10.1 Å². The van der Waals surface area contributed by atoms with Gasteiger partial charge in [-0.2, -0.15) is 0 Å². The number of rotatable bonds is 0. The minimum atomic E-state index is -1.50. The van der Waals surface area contributed by atoms with Gasteiger partial charge in [-0.25, -0.2) is 0 Å². The molecule has 0 aromatic heterocycles. The summed E-state index contributed by atoms with van der Waals surface area (Å²) in [6.45, 7) is 0. The second-order valence-corrected chi connectivity index (χ2v) is 0.238. The molecule has 0 heterocycles. The predicted octanol–water partition coefficient (Wildman–Crippen LogP) is -0.333. The zero-order chi connectivity index (χ0) is 5.58. The standard InChI is InChI=1S/Hf.HNO3.H2O2/c;2-1(3)4;1-2/h;(H,2,3,4);1-2H. The Morgan fingerprint density at radius 1 is 1.43 bits per heavy atom. The maximum absolute atomic E-state index is 8.36. The topological polar surface area (TPSA) is 104 Å². The van der Waals surface area contributed by atoms with E-state index < -0.39 is 5.09 Å². The van der Waals surface area contributed by atoms with Crippen LogP contribution >= 0.6 is 0 Å². The fourth-order valence-corrected chi connectivity index (χ4v) is 0. The number of nitrogens with zero attached hydrogens (tertiary/aromatic N) is 1. The molecule has 0 unspecified atom stereocenters. The molecule has 0 aromatic carbocycles. The first-order chi connectivity index (χ1) is 2.73. The van der Waals surface area contributed by atoms with Crippen molar-refractivity contribution in [2.45, 2.75) is 0 Å². The van der Waals surface area contributed by atoms with Crippen molar-refractivity contribution in [1.82, 2.24) is 0 Å². The molecule has 0 aromatic rings. The van der Waals surface area contributed by atoms with E-state index in [4.69, 9.17) is 25.8 Å². The molecule has 7 heteroatoms. The SMILES string of the molecule is O=[N+]([O-])O.OO.[Hf].